The molecule has 0 atom stereocenters. The predicted octanol–water partition coefficient (Wildman–Crippen LogP) is 10.5. The molecule has 27 heteroatoms. The van der Waals surface area contributed by atoms with E-state index in [0.29, 0.717) is 179 Å². The van der Waals surface area contributed by atoms with Gasteiger partial charge in [-0.3, -0.25) is 0 Å². The van der Waals surface area contributed by atoms with Crippen molar-refractivity contribution in [2.45, 2.75) is 99.1 Å². The number of aromatic amines is 2. The SMILES string of the molecule is CCOCCOCCOCC(COCCOCCOCC)Oc1ccc2c3nc4nc(nc5[nH]c(nc6nc(nc([nH]3)c2c1)-c1ccc(OCCNC(=O)OC(C)(C)C)cc1-6)c1ccc(OCCNC(=O)OC(C)(C)C)cc51)-c1ccc(OCCNC(=O)OC(C)(C)C)cc1-4. The van der Waals surface area contributed by atoms with Gasteiger partial charge in [0.15, 0.2) is 23.3 Å². The van der Waals surface area contributed by atoms with Gasteiger partial charge in [0.1, 0.15) is 88.3 Å². The van der Waals surface area contributed by atoms with Crippen molar-refractivity contribution in [1.29, 1.82) is 0 Å². The van der Waals surface area contributed by atoms with Gasteiger partial charge in [0.05, 0.1) is 85.7 Å². The number of amides is 3. The van der Waals surface area contributed by atoms with E-state index in [1.165, 1.54) is 0 Å². The highest BCUT2D eigenvalue weighted by molar-refractivity contribution is 6.07. The second-order valence-corrected chi connectivity index (χ2v) is 24.8. The van der Waals surface area contributed by atoms with E-state index in [-0.39, 0.29) is 52.7 Å². The Bertz CT molecular complexity index is 3870. The van der Waals surface area contributed by atoms with Crippen LogP contribution in [0.2, 0.25) is 0 Å². The molecule has 7 aromatic rings. The first-order valence-electron chi connectivity index (χ1n) is 31.9. The van der Waals surface area contributed by atoms with Crippen molar-refractivity contribution in [2.24, 2.45) is 0 Å². The van der Waals surface area contributed by atoms with Crippen molar-refractivity contribution in [3.63, 3.8) is 0 Å². The van der Waals surface area contributed by atoms with Crippen LogP contribution in [0.5, 0.6) is 23.0 Å². The number of aromatic nitrogens is 8. The van der Waals surface area contributed by atoms with Gasteiger partial charge < -0.3 is 87.5 Å². The molecule has 27 nitrogen and oxygen atoms in total. The molecule has 8 bridgehead atoms. The maximum atomic E-state index is 12.5. The van der Waals surface area contributed by atoms with Gasteiger partial charge in [-0.15, -0.1) is 0 Å². The average Bonchev–Trinajstić information content (AvgIpc) is 1.61. The maximum absolute atomic E-state index is 12.5. The van der Waals surface area contributed by atoms with E-state index >= 15 is 0 Å². The molecule has 4 aromatic carbocycles. The van der Waals surface area contributed by atoms with Gasteiger partial charge in [0.2, 0.25) is 0 Å². The van der Waals surface area contributed by atoms with Crippen molar-refractivity contribution < 1.29 is 76.0 Å². The lowest BCUT2D eigenvalue weighted by Gasteiger charge is -2.20. The minimum absolute atomic E-state index is 0.126. The smallest absolute Gasteiger partial charge is 0.407 e. The second kappa shape index (κ2) is 32.9. The first-order valence-corrected chi connectivity index (χ1v) is 31.9. The van der Waals surface area contributed by atoms with Crippen molar-refractivity contribution in [1.82, 2.24) is 55.8 Å². The summed E-state index contributed by atoms with van der Waals surface area (Å²) in [5.41, 5.74) is 2.04. The van der Waals surface area contributed by atoms with Gasteiger partial charge in [-0.25, -0.2) is 44.3 Å². The zero-order valence-electron chi connectivity index (χ0n) is 55.9. The number of nitrogens with one attached hydrogen (secondary N) is 5. The Hall–Kier alpha value is -8.99. The topological polar surface area (TPSA) is 316 Å². The lowest BCUT2D eigenvalue weighted by molar-refractivity contribution is -0.0384. The third-order valence-electron chi connectivity index (χ3n) is 13.6. The Kier molecular flexibility index (Phi) is 24.4. The number of fused-ring (bicyclic) bond motifs is 20. The van der Waals surface area contributed by atoms with E-state index in [4.69, 9.17) is 91.5 Å². The van der Waals surface area contributed by atoms with E-state index in [2.05, 4.69) is 25.9 Å². The van der Waals surface area contributed by atoms with Gasteiger partial charge >= 0.3 is 18.3 Å². The number of ether oxygens (including phenoxy) is 13. The molecule has 2 aliphatic rings. The molecule has 0 unspecified atom stereocenters. The van der Waals surface area contributed by atoms with Gasteiger partial charge in [0.25, 0.3) is 0 Å². The molecule has 0 spiro atoms. The third kappa shape index (κ3) is 21.0. The van der Waals surface area contributed by atoms with Crippen LogP contribution in [0.1, 0.15) is 76.2 Å². The van der Waals surface area contributed by atoms with E-state index in [1.807, 2.05) is 68.4 Å². The van der Waals surface area contributed by atoms with Crippen LogP contribution < -0.4 is 34.9 Å². The molecule has 3 aromatic heterocycles. The number of carbonyl (C=O) groups is 3. The van der Waals surface area contributed by atoms with Crippen molar-refractivity contribution >= 4 is 62.4 Å². The molecular weight excluding hydrogens is 1230 g/mol. The number of hydrogen-bond donors (Lipinski definition) is 5. The molecular formula is C68H87N11O16. The summed E-state index contributed by atoms with van der Waals surface area (Å²) in [7, 11) is 0. The zero-order chi connectivity index (χ0) is 67.5. The first-order chi connectivity index (χ1) is 45.6. The molecule has 0 aliphatic carbocycles. The average molecular weight is 1310 g/mol. The van der Waals surface area contributed by atoms with Crippen LogP contribution in [0, 0.1) is 0 Å². The van der Waals surface area contributed by atoms with Gasteiger partial charge in [-0.2, -0.15) is 0 Å². The quantitative estimate of drug-likeness (QED) is 0.0193. The molecule has 510 valence electrons. The fraction of sp³-hybridized carbons (Fsp3) is 0.485. The number of H-pyrrole nitrogens is 2. The Balaban J connectivity index is 1.15. The van der Waals surface area contributed by atoms with E-state index in [1.54, 1.807) is 80.5 Å². The van der Waals surface area contributed by atoms with Crippen LogP contribution in [0.25, 0.3) is 89.7 Å². The summed E-state index contributed by atoms with van der Waals surface area (Å²) >= 11 is 0. The Morgan fingerprint density at radius 1 is 0.379 bits per heavy atom. The van der Waals surface area contributed by atoms with Gasteiger partial charge in [0, 0.05) is 57.0 Å². The minimum atomic E-state index is -0.671. The zero-order valence-corrected chi connectivity index (χ0v) is 55.9. The first kappa shape index (κ1) is 70.3. The summed E-state index contributed by atoms with van der Waals surface area (Å²) in [6.07, 6.45) is -2.24. The second-order valence-electron chi connectivity index (χ2n) is 24.8. The summed E-state index contributed by atoms with van der Waals surface area (Å²) in [6.45, 7) is 25.7. The van der Waals surface area contributed by atoms with E-state index in [9.17, 15) is 14.4 Å². The minimum Gasteiger partial charge on any atom is -0.492 e. The molecule has 3 amide bonds. The lowest BCUT2D eigenvalue weighted by Crippen LogP contribution is -2.34. The number of nitrogens with zero attached hydrogens (tertiary/aromatic N) is 6. The molecule has 0 fully saturated rings. The normalized spacial score (nSPS) is 12.1. The monoisotopic (exact) mass is 1310 g/mol. The molecule has 5 heterocycles. The van der Waals surface area contributed by atoms with Crippen LogP contribution in [0.4, 0.5) is 14.4 Å². The number of hydrogen-bond acceptors (Lipinski definition) is 22. The Morgan fingerprint density at radius 2 is 0.705 bits per heavy atom. The molecule has 9 rings (SSSR count). The molecule has 5 N–H and O–H groups in total. The fourth-order valence-electron chi connectivity index (χ4n) is 9.66. The van der Waals surface area contributed by atoms with Crippen molar-refractivity contribution in [2.75, 3.05) is 119 Å². The summed E-state index contributed by atoms with van der Waals surface area (Å²) in [5.74, 6) is 3.16. The molecule has 0 saturated carbocycles. The van der Waals surface area contributed by atoms with Crippen LogP contribution in [-0.4, -0.2) is 200 Å². The summed E-state index contributed by atoms with van der Waals surface area (Å²) < 4.78 is 76.0. The number of rotatable bonds is 32. The maximum Gasteiger partial charge on any atom is 0.407 e. The van der Waals surface area contributed by atoms with Crippen LogP contribution in [0.15, 0.2) is 72.8 Å². The summed E-state index contributed by atoms with van der Waals surface area (Å²) in [6, 6.07) is 22.1. The van der Waals surface area contributed by atoms with Crippen molar-refractivity contribution in [3.05, 3.63) is 72.8 Å². The largest absolute Gasteiger partial charge is 0.492 e. The lowest BCUT2D eigenvalue weighted by atomic mass is 10.1. The van der Waals surface area contributed by atoms with Gasteiger partial charge in [-0.05, 0) is 149 Å². The number of alkyl carbamates (subject to hydrolysis) is 3. The number of benzene rings is 4. The fourth-order valence-corrected chi connectivity index (χ4v) is 9.66. The van der Waals surface area contributed by atoms with Crippen molar-refractivity contribution in [3.8, 4) is 68.5 Å². The molecule has 2 aliphatic heterocycles. The Labute approximate surface area is 551 Å². The molecule has 0 radical (unpaired) electrons. The molecule has 0 saturated heterocycles. The van der Waals surface area contributed by atoms with Crippen LogP contribution >= 0.6 is 0 Å². The number of carbonyl (C=O) groups excluding carboxylic acids is 3. The predicted molar refractivity (Wildman–Crippen MR) is 356 cm³/mol. The van der Waals surface area contributed by atoms with Crippen LogP contribution in [-0.2, 0) is 42.6 Å². The highest BCUT2D eigenvalue weighted by Crippen LogP contribution is 2.40. The highest BCUT2D eigenvalue weighted by Gasteiger charge is 2.26. The summed E-state index contributed by atoms with van der Waals surface area (Å²) in [5, 5.41) is 10.8. The van der Waals surface area contributed by atoms with E-state index in [0.717, 1.165) is 0 Å². The summed E-state index contributed by atoms with van der Waals surface area (Å²) in [4.78, 5) is 75.8. The van der Waals surface area contributed by atoms with E-state index < -0.39 is 41.2 Å². The van der Waals surface area contributed by atoms with Crippen LogP contribution in [0.3, 0.4) is 0 Å². The highest BCUT2D eigenvalue weighted by atomic mass is 16.6. The Morgan fingerprint density at radius 3 is 1.09 bits per heavy atom. The standard InChI is InChI=1S/C68H87N11O16/c1-12-83-28-30-85-32-34-87-40-46(41-88-35-33-86-31-29-84-13-2)92-45-17-21-50-54(39-45)62-78-57-49-20-16-44(91-27-24-71-65(82)95-68(9,10)11)38-53(49)60(76-57)74-55-47-18-14-42(89-25-22-69-63(80)93-66(3,4)5)36-51(47)59(72-55)73-56-48-19-15-43(37-52(48)61(75-56)77-58(50)79-62)90-26-23-70-64(81)94-67(6,7)8/h14-21,36-39,46H,12-13,22-35,40-41H2,1-11H3,(H,69,80)(H,70,81)(H,71,82)(H2,72,73,74,75,76,77,78,79). The van der Waals surface area contributed by atoms with Gasteiger partial charge in [-0.1, -0.05) is 0 Å². The third-order valence-corrected chi connectivity index (χ3v) is 13.6. The molecule has 95 heavy (non-hydrogen) atoms.